The molecule has 1 aliphatic carbocycles. The van der Waals surface area contributed by atoms with Gasteiger partial charge in [0, 0.05) is 28.7 Å². The van der Waals surface area contributed by atoms with Crippen molar-refractivity contribution in [1.82, 2.24) is 19.9 Å². The minimum absolute atomic E-state index is 0.475. The number of hydrogen-bond donors (Lipinski definition) is 1. The fourth-order valence-corrected chi connectivity index (χ4v) is 6.17. The molecule has 1 saturated carbocycles. The van der Waals surface area contributed by atoms with E-state index in [0.717, 1.165) is 58.7 Å². The van der Waals surface area contributed by atoms with E-state index in [1.54, 1.807) is 11.3 Å². The fourth-order valence-electron chi connectivity index (χ4n) is 4.76. The molecule has 1 aromatic carbocycles. The molecular formula is C25H30ClN5S. The SMILES string of the molecule is CN1CCC(c2nc(-c3cccc(Cl)c3)c(-c3ccnc(NC4CCCCC4)n3)s2)CC1. The normalized spacial score (nSPS) is 18.7. The molecule has 3 heterocycles. The lowest BCUT2D eigenvalue weighted by atomic mass is 9.96. The Bertz CT molecular complexity index is 1050. The molecule has 5 rings (SSSR count). The second kappa shape index (κ2) is 9.86. The number of piperidine rings is 1. The maximum Gasteiger partial charge on any atom is 0.223 e. The molecule has 7 heteroatoms. The largest absolute Gasteiger partial charge is 0.351 e. The lowest BCUT2D eigenvalue weighted by molar-refractivity contribution is 0.255. The highest BCUT2D eigenvalue weighted by molar-refractivity contribution is 7.15. The van der Waals surface area contributed by atoms with Gasteiger partial charge in [0.15, 0.2) is 0 Å². The molecule has 0 radical (unpaired) electrons. The van der Waals surface area contributed by atoms with Crippen LogP contribution in [-0.2, 0) is 0 Å². The summed E-state index contributed by atoms with van der Waals surface area (Å²) in [7, 11) is 2.20. The van der Waals surface area contributed by atoms with Gasteiger partial charge in [-0.05, 0) is 64.0 Å². The average molecular weight is 468 g/mol. The number of hydrogen-bond acceptors (Lipinski definition) is 6. The first-order chi connectivity index (χ1) is 15.7. The van der Waals surface area contributed by atoms with Crippen molar-refractivity contribution in [3.8, 4) is 21.8 Å². The summed E-state index contributed by atoms with van der Waals surface area (Å²) in [6.07, 6.45) is 10.5. The molecule has 32 heavy (non-hydrogen) atoms. The minimum atomic E-state index is 0.475. The van der Waals surface area contributed by atoms with Gasteiger partial charge in [-0.25, -0.2) is 15.0 Å². The van der Waals surface area contributed by atoms with Crippen molar-refractivity contribution < 1.29 is 0 Å². The molecule has 168 valence electrons. The van der Waals surface area contributed by atoms with E-state index in [4.69, 9.17) is 21.6 Å². The van der Waals surface area contributed by atoms with Gasteiger partial charge in [-0.1, -0.05) is 43.0 Å². The van der Waals surface area contributed by atoms with E-state index in [-0.39, 0.29) is 0 Å². The summed E-state index contributed by atoms with van der Waals surface area (Å²) in [4.78, 5) is 18.1. The number of halogens is 1. The summed E-state index contributed by atoms with van der Waals surface area (Å²) < 4.78 is 0. The maximum atomic E-state index is 6.33. The van der Waals surface area contributed by atoms with Gasteiger partial charge in [0.25, 0.3) is 0 Å². The second-order valence-electron chi connectivity index (χ2n) is 9.06. The average Bonchev–Trinajstić information content (AvgIpc) is 3.26. The predicted octanol–water partition coefficient (Wildman–Crippen LogP) is 6.47. The van der Waals surface area contributed by atoms with Gasteiger partial charge in [-0.3, -0.25) is 0 Å². The highest BCUT2D eigenvalue weighted by Gasteiger charge is 2.25. The Labute approximate surface area is 199 Å². The lowest BCUT2D eigenvalue weighted by Crippen LogP contribution is -2.29. The first-order valence-corrected chi connectivity index (χ1v) is 12.9. The molecule has 0 unspecified atom stereocenters. The number of anilines is 1. The number of rotatable bonds is 5. The molecule has 2 fully saturated rings. The zero-order valence-corrected chi connectivity index (χ0v) is 20.1. The summed E-state index contributed by atoms with van der Waals surface area (Å²) in [5.74, 6) is 1.23. The molecular weight excluding hydrogens is 438 g/mol. The van der Waals surface area contributed by atoms with Crippen LogP contribution in [0.25, 0.3) is 21.8 Å². The molecule has 1 aliphatic heterocycles. The van der Waals surface area contributed by atoms with Crippen LogP contribution >= 0.6 is 22.9 Å². The third kappa shape index (κ3) is 4.98. The lowest BCUT2D eigenvalue weighted by Gasteiger charge is -2.27. The highest BCUT2D eigenvalue weighted by Crippen LogP contribution is 2.41. The molecule has 1 saturated heterocycles. The van der Waals surface area contributed by atoms with E-state index in [9.17, 15) is 0 Å². The smallest absolute Gasteiger partial charge is 0.223 e. The Balaban J connectivity index is 1.50. The van der Waals surface area contributed by atoms with Crippen LogP contribution in [0.2, 0.25) is 5.02 Å². The number of likely N-dealkylation sites (tertiary alicyclic amines) is 1. The molecule has 0 amide bonds. The summed E-state index contributed by atoms with van der Waals surface area (Å²) >= 11 is 8.12. The Morgan fingerprint density at radius 3 is 2.62 bits per heavy atom. The van der Waals surface area contributed by atoms with Crippen LogP contribution in [0.15, 0.2) is 36.5 Å². The van der Waals surface area contributed by atoms with Crippen LogP contribution in [-0.4, -0.2) is 46.0 Å². The van der Waals surface area contributed by atoms with Gasteiger partial charge in [0.05, 0.1) is 21.3 Å². The molecule has 2 aromatic heterocycles. The Kier molecular flexibility index (Phi) is 6.72. The van der Waals surface area contributed by atoms with E-state index in [1.165, 1.54) is 37.1 Å². The van der Waals surface area contributed by atoms with Gasteiger partial charge in [-0.15, -0.1) is 11.3 Å². The topological polar surface area (TPSA) is 53.9 Å². The first kappa shape index (κ1) is 21.8. The summed E-state index contributed by atoms with van der Waals surface area (Å²) in [5.41, 5.74) is 2.96. The predicted molar refractivity (Wildman–Crippen MR) is 134 cm³/mol. The number of thiazole rings is 1. The van der Waals surface area contributed by atoms with E-state index in [2.05, 4.69) is 28.3 Å². The third-order valence-corrected chi connectivity index (χ3v) is 8.11. The molecule has 0 spiro atoms. The van der Waals surface area contributed by atoms with Gasteiger partial charge in [-0.2, -0.15) is 0 Å². The van der Waals surface area contributed by atoms with Crippen molar-refractivity contribution in [1.29, 1.82) is 0 Å². The van der Waals surface area contributed by atoms with Crippen LogP contribution in [0.5, 0.6) is 0 Å². The zero-order chi connectivity index (χ0) is 21.9. The summed E-state index contributed by atoms with van der Waals surface area (Å²) in [6, 6.07) is 10.5. The van der Waals surface area contributed by atoms with Crippen molar-refractivity contribution in [2.75, 3.05) is 25.5 Å². The van der Waals surface area contributed by atoms with Crippen molar-refractivity contribution in [2.24, 2.45) is 0 Å². The van der Waals surface area contributed by atoms with Crippen molar-refractivity contribution >= 4 is 28.9 Å². The molecule has 1 N–H and O–H groups in total. The van der Waals surface area contributed by atoms with E-state index in [0.29, 0.717) is 12.0 Å². The van der Waals surface area contributed by atoms with Crippen molar-refractivity contribution in [2.45, 2.75) is 56.9 Å². The zero-order valence-electron chi connectivity index (χ0n) is 18.6. The highest BCUT2D eigenvalue weighted by atomic mass is 35.5. The van der Waals surface area contributed by atoms with Gasteiger partial charge >= 0.3 is 0 Å². The Hall–Kier alpha value is -2.02. The number of nitrogens with zero attached hydrogens (tertiary/aromatic N) is 4. The molecule has 5 nitrogen and oxygen atoms in total. The molecule has 2 aliphatic rings. The summed E-state index contributed by atoms with van der Waals surface area (Å²) in [6.45, 7) is 2.24. The van der Waals surface area contributed by atoms with Crippen molar-refractivity contribution in [3.63, 3.8) is 0 Å². The Morgan fingerprint density at radius 2 is 1.84 bits per heavy atom. The van der Waals surface area contributed by atoms with Crippen LogP contribution < -0.4 is 5.32 Å². The van der Waals surface area contributed by atoms with E-state index in [1.807, 2.05) is 30.5 Å². The van der Waals surface area contributed by atoms with Crippen molar-refractivity contribution in [3.05, 3.63) is 46.6 Å². The van der Waals surface area contributed by atoms with Crippen LogP contribution in [0.4, 0.5) is 5.95 Å². The quantitative estimate of drug-likeness (QED) is 0.465. The van der Waals surface area contributed by atoms with E-state index < -0.39 is 0 Å². The van der Waals surface area contributed by atoms with Gasteiger partial charge in [0.1, 0.15) is 0 Å². The second-order valence-corrected chi connectivity index (χ2v) is 10.5. The van der Waals surface area contributed by atoms with Crippen LogP contribution in [0, 0.1) is 0 Å². The maximum absolute atomic E-state index is 6.33. The van der Waals surface area contributed by atoms with Gasteiger partial charge < -0.3 is 10.2 Å². The number of nitrogens with one attached hydrogen (secondary N) is 1. The summed E-state index contributed by atoms with van der Waals surface area (Å²) in [5, 5.41) is 5.51. The minimum Gasteiger partial charge on any atom is -0.351 e. The number of aromatic nitrogens is 3. The van der Waals surface area contributed by atoms with Crippen LogP contribution in [0.3, 0.4) is 0 Å². The molecule has 0 bridgehead atoms. The monoisotopic (exact) mass is 467 g/mol. The van der Waals surface area contributed by atoms with E-state index >= 15 is 0 Å². The Morgan fingerprint density at radius 1 is 1.03 bits per heavy atom. The van der Waals surface area contributed by atoms with Crippen LogP contribution in [0.1, 0.15) is 55.9 Å². The molecule has 3 aromatic rings. The van der Waals surface area contributed by atoms with Gasteiger partial charge in [0.2, 0.25) is 5.95 Å². The fraction of sp³-hybridized carbons (Fsp3) is 0.480. The molecule has 0 atom stereocenters. The standard InChI is InChI=1S/C25H30ClN5S/c1-31-14-11-17(12-15-31)24-30-22(18-6-5-7-19(26)16-18)23(32-24)21-10-13-27-25(29-21)28-20-8-3-2-4-9-20/h5-7,10,13,16-17,20H,2-4,8-9,11-12,14-15H2,1H3,(H,27,28,29). The third-order valence-electron chi connectivity index (χ3n) is 6.64. The number of benzene rings is 1. The first-order valence-electron chi connectivity index (χ1n) is 11.7.